The number of nitrogens with zero attached hydrogens (tertiary/aromatic N) is 4. The summed E-state index contributed by atoms with van der Waals surface area (Å²) in [5.41, 5.74) is 4.03. The fourth-order valence-corrected chi connectivity index (χ4v) is 3.41. The van der Waals surface area contributed by atoms with E-state index in [1.807, 2.05) is 29.0 Å². The first kappa shape index (κ1) is 14.1. The van der Waals surface area contributed by atoms with Crippen LogP contribution in [0, 0.1) is 0 Å². The number of aromatic nitrogens is 4. The highest BCUT2D eigenvalue weighted by Gasteiger charge is 2.14. The minimum Gasteiger partial charge on any atom is -0.334 e. The fourth-order valence-electron chi connectivity index (χ4n) is 2.78. The Morgan fingerprint density at radius 1 is 1.13 bits per heavy atom. The Morgan fingerprint density at radius 2 is 2.04 bits per heavy atom. The van der Waals surface area contributed by atoms with Gasteiger partial charge in [-0.15, -0.1) is 0 Å². The van der Waals surface area contributed by atoms with Crippen molar-refractivity contribution >= 4 is 22.4 Å². The summed E-state index contributed by atoms with van der Waals surface area (Å²) in [6.45, 7) is 5.16. The Bertz CT molecular complexity index is 952. The smallest absolute Gasteiger partial charge is 0.259 e. The van der Waals surface area contributed by atoms with Crippen molar-refractivity contribution in [1.82, 2.24) is 19.7 Å². The molecule has 116 valence electrons. The molecule has 0 saturated carbocycles. The maximum absolute atomic E-state index is 5.38. The molecule has 3 aromatic heterocycles. The average molecular weight is 324 g/mol. The molecule has 0 aliphatic rings. The number of aryl methyl sites for hydroxylation is 2. The molecular formula is C17H16N4OS. The van der Waals surface area contributed by atoms with Crippen LogP contribution in [0.5, 0.6) is 0 Å². The van der Waals surface area contributed by atoms with Crippen molar-refractivity contribution in [3.05, 3.63) is 40.8 Å². The minimum absolute atomic E-state index is 0.555. The van der Waals surface area contributed by atoms with Crippen molar-refractivity contribution in [2.75, 3.05) is 0 Å². The van der Waals surface area contributed by atoms with Crippen molar-refractivity contribution in [2.24, 2.45) is 0 Å². The monoisotopic (exact) mass is 324 g/mol. The second kappa shape index (κ2) is 5.62. The highest BCUT2D eigenvalue weighted by atomic mass is 32.1. The summed E-state index contributed by atoms with van der Waals surface area (Å²) in [6.07, 6.45) is 0.919. The summed E-state index contributed by atoms with van der Waals surface area (Å²) in [7, 11) is 0. The van der Waals surface area contributed by atoms with Crippen LogP contribution in [0.1, 0.15) is 19.7 Å². The molecule has 0 radical (unpaired) electrons. The summed E-state index contributed by atoms with van der Waals surface area (Å²) < 4.78 is 7.62. The number of hydrogen-bond donors (Lipinski definition) is 0. The lowest BCUT2D eigenvalue weighted by Gasteiger charge is -2.04. The second-order valence-electron chi connectivity index (χ2n) is 5.26. The van der Waals surface area contributed by atoms with Gasteiger partial charge < -0.3 is 9.09 Å². The van der Waals surface area contributed by atoms with Gasteiger partial charge in [0.05, 0.1) is 16.6 Å². The number of fused-ring (bicyclic) bond motifs is 1. The van der Waals surface area contributed by atoms with Gasteiger partial charge in [-0.3, -0.25) is 0 Å². The SMILES string of the molecule is CCc1nc2ccc(-c3noc(-c4ccsc4)n3)cc2n1CC. The normalized spacial score (nSPS) is 11.4. The van der Waals surface area contributed by atoms with E-state index in [0.717, 1.165) is 41.0 Å². The summed E-state index contributed by atoms with van der Waals surface area (Å²) in [5, 5.41) is 8.12. The summed E-state index contributed by atoms with van der Waals surface area (Å²) in [6, 6.07) is 8.09. The van der Waals surface area contributed by atoms with Gasteiger partial charge in [0.15, 0.2) is 0 Å². The molecule has 0 fully saturated rings. The van der Waals surface area contributed by atoms with Gasteiger partial charge in [0.1, 0.15) is 5.82 Å². The number of benzene rings is 1. The van der Waals surface area contributed by atoms with E-state index < -0.39 is 0 Å². The molecule has 0 unspecified atom stereocenters. The fraction of sp³-hybridized carbons (Fsp3) is 0.235. The molecule has 4 aromatic rings. The second-order valence-corrected chi connectivity index (χ2v) is 6.04. The molecule has 0 spiro atoms. The number of rotatable bonds is 4. The zero-order valence-electron chi connectivity index (χ0n) is 13.0. The van der Waals surface area contributed by atoms with E-state index in [1.165, 1.54) is 0 Å². The van der Waals surface area contributed by atoms with Crippen LogP contribution in [-0.2, 0) is 13.0 Å². The zero-order valence-corrected chi connectivity index (χ0v) is 13.8. The standard InChI is InChI=1S/C17H16N4OS/c1-3-15-18-13-6-5-11(9-14(13)21(15)4-2)16-19-17(22-20-16)12-7-8-23-10-12/h5-10H,3-4H2,1-2H3. The van der Waals surface area contributed by atoms with Crippen LogP contribution in [-0.4, -0.2) is 19.7 Å². The van der Waals surface area contributed by atoms with E-state index in [0.29, 0.717) is 11.7 Å². The van der Waals surface area contributed by atoms with Crippen LogP contribution >= 0.6 is 11.3 Å². The molecule has 6 heteroatoms. The molecule has 0 saturated heterocycles. The van der Waals surface area contributed by atoms with Crippen molar-refractivity contribution in [3.8, 4) is 22.8 Å². The van der Waals surface area contributed by atoms with Crippen LogP contribution in [0.15, 0.2) is 39.5 Å². The van der Waals surface area contributed by atoms with Gasteiger partial charge in [-0.2, -0.15) is 16.3 Å². The molecule has 0 amide bonds. The van der Waals surface area contributed by atoms with Crippen LogP contribution in [0.4, 0.5) is 0 Å². The lowest BCUT2D eigenvalue weighted by Crippen LogP contribution is -1.99. The Balaban J connectivity index is 1.80. The average Bonchev–Trinajstić information content (AvgIpc) is 3.31. The first-order valence-electron chi connectivity index (χ1n) is 7.66. The van der Waals surface area contributed by atoms with E-state index in [4.69, 9.17) is 4.52 Å². The topological polar surface area (TPSA) is 56.7 Å². The van der Waals surface area contributed by atoms with Gasteiger partial charge in [-0.05, 0) is 36.6 Å². The van der Waals surface area contributed by atoms with Crippen molar-refractivity contribution < 1.29 is 4.52 Å². The molecule has 5 nitrogen and oxygen atoms in total. The van der Waals surface area contributed by atoms with Gasteiger partial charge >= 0.3 is 0 Å². The third kappa shape index (κ3) is 2.35. The highest BCUT2D eigenvalue weighted by molar-refractivity contribution is 7.08. The van der Waals surface area contributed by atoms with Crippen LogP contribution < -0.4 is 0 Å². The molecule has 3 heterocycles. The van der Waals surface area contributed by atoms with Crippen molar-refractivity contribution in [1.29, 1.82) is 0 Å². The highest BCUT2D eigenvalue weighted by Crippen LogP contribution is 2.26. The van der Waals surface area contributed by atoms with Gasteiger partial charge in [-0.1, -0.05) is 12.1 Å². The number of thiophene rings is 1. The van der Waals surface area contributed by atoms with Crippen LogP contribution in [0.2, 0.25) is 0 Å². The molecule has 0 atom stereocenters. The summed E-state index contributed by atoms with van der Waals surface area (Å²) in [4.78, 5) is 9.19. The molecule has 0 aliphatic carbocycles. The molecule has 0 bridgehead atoms. The molecule has 4 rings (SSSR count). The molecule has 0 N–H and O–H groups in total. The first-order valence-corrected chi connectivity index (χ1v) is 8.60. The quantitative estimate of drug-likeness (QED) is 0.558. The van der Waals surface area contributed by atoms with Crippen LogP contribution in [0.3, 0.4) is 0 Å². The molecule has 23 heavy (non-hydrogen) atoms. The summed E-state index contributed by atoms with van der Waals surface area (Å²) >= 11 is 1.61. The predicted octanol–water partition coefficient (Wildman–Crippen LogP) is 4.40. The first-order chi connectivity index (χ1) is 11.3. The van der Waals surface area contributed by atoms with Gasteiger partial charge in [0, 0.05) is 23.9 Å². The van der Waals surface area contributed by atoms with E-state index in [2.05, 4.69) is 39.6 Å². The molecule has 0 aliphatic heterocycles. The van der Waals surface area contributed by atoms with Gasteiger partial charge in [0.25, 0.3) is 5.89 Å². The van der Waals surface area contributed by atoms with E-state index in [-0.39, 0.29) is 0 Å². The van der Waals surface area contributed by atoms with Crippen molar-refractivity contribution in [2.45, 2.75) is 26.8 Å². The van der Waals surface area contributed by atoms with Crippen LogP contribution in [0.25, 0.3) is 33.9 Å². The molecule has 1 aromatic carbocycles. The van der Waals surface area contributed by atoms with E-state index in [1.54, 1.807) is 11.3 Å². The number of hydrogen-bond acceptors (Lipinski definition) is 5. The Hall–Kier alpha value is -2.47. The summed E-state index contributed by atoms with van der Waals surface area (Å²) in [5.74, 6) is 2.27. The lowest BCUT2D eigenvalue weighted by atomic mass is 10.2. The maximum atomic E-state index is 5.38. The Labute approximate surface area is 137 Å². The number of imidazole rings is 1. The molecular weight excluding hydrogens is 308 g/mol. The Morgan fingerprint density at radius 3 is 2.78 bits per heavy atom. The van der Waals surface area contributed by atoms with E-state index in [9.17, 15) is 0 Å². The Kier molecular flexibility index (Phi) is 3.46. The van der Waals surface area contributed by atoms with E-state index >= 15 is 0 Å². The van der Waals surface area contributed by atoms with Gasteiger partial charge in [-0.25, -0.2) is 4.98 Å². The van der Waals surface area contributed by atoms with Gasteiger partial charge in [0.2, 0.25) is 5.82 Å². The zero-order chi connectivity index (χ0) is 15.8. The van der Waals surface area contributed by atoms with Crippen molar-refractivity contribution in [3.63, 3.8) is 0 Å². The minimum atomic E-state index is 0.555. The third-order valence-electron chi connectivity index (χ3n) is 3.91. The maximum Gasteiger partial charge on any atom is 0.259 e. The largest absolute Gasteiger partial charge is 0.334 e. The predicted molar refractivity (Wildman–Crippen MR) is 91.4 cm³/mol. The lowest BCUT2D eigenvalue weighted by molar-refractivity contribution is 0.432. The third-order valence-corrected chi connectivity index (χ3v) is 4.60.